The number of carbonyl (C=O) groups is 1. The Morgan fingerprint density at radius 3 is 2.46 bits per heavy atom. The number of carbonyl (C=O) groups excluding carboxylic acids is 1. The molecule has 5 heteroatoms. The van der Waals surface area contributed by atoms with E-state index in [1.807, 2.05) is 58.9 Å². The van der Waals surface area contributed by atoms with Crippen LogP contribution in [0.2, 0.25) is 0 Å². The highest BCUT2D eigenvalue weighted by Crippen LogP contribution is 2.17. The molecule has 5 nitrogen and oxygen atoms in total. The number of piperazine rings is 1. The number of aryl methyl sites for hydroxylation is 1. The summed E-state index contributed by atoms with van der Waals surface area (Å²) < 4.78 is 1.92. The fourth-order valence-electron chi connectivity index (χ4n) is 3.23. The van der Waals surface area contributed by atoms with Crippen molar-refractivity contribution in [1.82, 2.24) is 14.3 Å². The second-order valence-corrected chi connectivity index (χ2v) is 6.16. The van der Waals surface area contributed by atoms with Gasteiger partial charge in [0.15, 0.2) is 0 Å². The molecule has 3 aromatic rings. The molecule has 0 atom stereocenters. The van der Waals surface area contributed by atoms with Crippen LogP contribution in [0, 0.1) is 6.92 Å². The average molecular weight is 320 g/mol. The number of benzene rings is 1. The molecule has 122 valence electrons. The third-order valence-corrected chi connectivity index (χ3v) is 4.59. The standard InChI is InChI=1S/C19H20N4O/c1-15-6-5-9-23-14-17(20-18(15)23)19(24)22-12-10-21(11-13-22)16-7-3-2-4-8-16/h2-9,14H,10-13H2,1H3. The van der Waals surface area contributed by atoms with Crippen molar-refractivity contribution in [2.75, 3.05) is 31.1 Å². The Bertz CT molecular complexity index is 863. The Morgan fingerprint density at radius 1 is 1.00 bits per heavy atom. The molecular weight excluding hydrogens is 300 g/mol. The van der Waals surface area contributed by atoms with Crippen molar-refractivity contribution in [2.24, 2.45) is 0 Å². The zero-order valence-corrected chi connectivity index (χ0v) is 13.7. The van der Waals surface area contributed by atoms with Gasteiger partial charge in [-0.25, -0.2) is 4.98 Å². The summed E-state index contributed by atoms with van der Waals surface area (Å²) in [7, 11) is 0. The van der Waals surface area contributed by atoms with Crippen LogP contribution in [0.3, 0.4) is 0 Å². The molecular formula is C19H20N4O. The van der Waals surface area contributed by atoms with E-state index >= 15 is 0 Å². The van der Waals surface area contributed by atoms with Crippen LogP contribution in [0.5, 0.6) is 0 Å². The van der Waals surface area contributed by atoms with E-state index < -0.39 is 0 Å². The van der Waals surface area contributed by atoms with E-state index in [1.165, 1.54) is 5.69 Å². The maximum Gasteiger partial charge on any atom is 0.274 e. The molecule has 0 unspecified atom stereocenters. The largest absolute Gasteiger partial charge is 0.368 e. The Labute approximate surface area is 141 Å². The first-order valence-electron chi connectivity index (χ1n) is 8.26. The summed E-state index contributed by atoms with van der Waals surface area (Å²) >= 11 is 0. The van der Waals surface area contributed by atoms with Crippen molar-refractivity contribution in [3.63, 3.8) is 0 Å². The molecule has 1 aromatic carbocycles. The summed E-state index contributed by atoms with van der Waals surface area (Å²) in [6.45, 7) is 5.15. The highest BCUT2D eigenvalue weighted by Gasteiger charge is 2.24. The highest BCUT2D eigenvalue weighted by molar-refractivity contribution is 5.93. The van der Waals surface area contributed by atoms with Gasteiger partial charge in [0, 0.05) is 44.3 Å². The number of pyridine rings is 1. The lowest BCUT2D eigenvalue weighted by atomic mass is 10.2. The molecule has 1 fully saturated rings. The van der Waals surface area contributed by atoms with Crippen LogP contribution in [0.25, 0.3) is 5.65 Å². The number of anilines is 1. The summed E-state index contributed by atoms with van der Waals surface area (Å²) in [5.74, 6) is 0.0193. The highest BCUT2D eigenvalue weighted by atomic mass is 16.2. The summed E-state index contributed by atoms with van der Waals surface area (Å²) in [6, 6.07) is 14.3. The van der Waals surface area contributed by atoms with Crippen molar-refractivity contribution in [1.29, 1.82) is 0 Å². The summed E-state index contributed by atoms with van der Waals surface area (Å²) in [4.78, 5) is 21.5. The fourth-order valence-corrected chi connectivity index (χ4v) is 3.23. The number of fused-ring (bicyclic) bond motifs is 1. The Kier molecular flexibility index (Phi) is 3.69. The van der Waals surface area contributed by atoms with E-state index in [2.05, 4.69) is 22.0 Å². The zero-order chi connectivity index (χ0) is 16.5. The second kappa shape index (κ2) is 6.00. The molecule has 0 aliphatic carbocycles. The van der Waals surface area contributed by atoms with E-state index in [4.69, 9.17) is 0 Å². The van der Waals surface area contributed by atoms with Crippen LogP contribution in [-0.2, 0) is 0 Å². The number of hydrogen-bond acceptors (Lipinski definition) is 3. The molecule has 2 aromatic heterocycles. The molecule has 1 amide bonds. The van der Waals surface area contributed by atoms with Gasteiger partial charge in [0.25, 0.3) is 5.91 Å². The topological polar surface area (TPSA) is 40.9 Å². The van der Waals surface area contributed by atoms with Crippen LogP contribution < -0.4 is 4.90 Å². The molecule has 3 heterocycles. The van der Waals surface area contributed by atoms with Crippen LogP contribution in [0.15, 0.2) is 54.9 Å². The first-order valence-corrected chi connectivity index (χ1v) is 8.26. The van der Waals surface area contributed by atoms with Crippen LogP contribution >= 0.6 is 0 Å². The minimum atomic E-state index is 0.0193. The molecule has 1 saturated heterocycles. The van der Waals surface area contributed by atoms with E-state index in [0.717, 1.165) is 37.4 Å². The molecule has 0 radical (unpaired) electrons. The lowest BCUT2D eigenvalue weighted by Gasteiger charge is -2.35. The SMILES string of the molecule is Cc1cccn2cc(C(=O)N3CCN(c4ccccc4)CC3)nc12. The molecule has 1 aliphatic rings. The Hall–Kier alpha value is -2.82. The fraction of sp³-hybridized carbons (Fsp3) is 0.263. The second-order valence-electron chi connectivity index (χ2n) is 6.16. The maximum atomic E-state index is 12.8. The molecule has 0 N–H and O–H groups in total. The van der Waals surface area contributed by atoms with Crippen molar-refractivity contribution in [3.8, 4) is 0 Å². The van der Waals surface area contributed by atoms with Gasteiger partial charge in [-0.2, -0.15) is 0 Å². The normalized spacial score (nSPS) is 15.0. The number of amides is 1. The van der Waals surface area contributed by atoms with Gasteiger partial charge >= 0.3 is 0 Å². The zero-order valence-electron chi connectivity index (χ0n) is 13.7. The minimum absolute atomic E-state index is 0.0193. The van der Waals surface area contributed by atoms with Crippen molar-refractivity contribution in [3.05, 3.63) is 66.1 Å². The number of nitrogens with zero attached hydrogens (tertiary/aromatic N) is 4. The summed E-state index contributed by atoms with van der Waals surface area (Å²) in [5.41, 5.74) is 3.67. The average Bonchev–Trinajstić information content (AvgIpc) is 3.08. The van der Waals surface area contributed by atoms with Gasteiger partial charge in [0.1, 0.15) is 11.3 Å². The van der Waals surface area contributed by atoms with Crippen LogP contribution in [-0.4, -0.2) is 46.4 Å². The predicted octanol–water partition coefficient (Wildman–Crippen LogP) is 2.61. The van der Waals surface area contributed by atoms with Crippen molar-refractivity contribution < 1.29 is 4.79 Å². The van der Waals surface area contributed by atoms with E-state index in [0.29, 0.717) is 5.69 Å². The Morgan fingerprint density at radius 2 is 1.75 bits per heavy atom. The van der Waals surface area contributed by atoms with Gasteiger partial charge in [-0.15, -0.1) is 0 Å². The first kappa shape index (κ1) is 14.8. The van der Waals surface area contributed by atoms with Gasteiger partial charge in [-0.05, 0) is 30.7 Å². The molecule has 1 aliphatic heterocycles. The number of rotatable bonds is 2. The first-order chi connectivity index (χ1) is 11.7. The van der Waals surface area contributed by atoms with Gasteiger partial charge < -0.3 is 14.2 Å². The van der Waals surface area contributed by atoms with Crippen LogP contribution in [0.1, 0.15) is 16.1 Å². The molecule has 0 spiro atoms. The smallest absolute Gasteiger partial charge is 0.274 e. The number of hydrogen-bond donors (Lipinski definition) is 0. The number of aromatic nitrogens is 2. The minimum Gasteiger partial charge on any atom is -0.368 e. The predicted molar refractivity (Wildman–Crippen MR) is 94.5 cm³/mol. The molecule has 0 saturated carbocycles. The van der Waals surface area contributed by atoms with Crippen molar-refractivity contribution >= 4 is 17.2 Å². The van der Waals surface area contributed by atoms with E-state index in [-0.39, 0.29) is 5.91 Å². The van der Waals surface area contributed by atoms with Gasteiger partial charge in [-0.1, -0.05) is 24.3 Å². The maximum absolute atomic E-state index is 12.8. The lowest BCUT2D eigenvalue weighted by molar-refractivity contribution is 0.0741. The summed E-state index contributed by atoms with van der Waals surface area (Å²) in [5, 5.41) is 0. The number of para-hydroxylation sites is 1. The lowest BCUT2D eigenvalue weighted by Crippen LogP contribution is -2.48. The van der Waals surface area contributed by atoms with E-state index in [1.54, 1.807) is 0 Å². The van der Waals surface area contributed by atoms with Crippen molar-refractivity contribution in [2.45, 2.75) is 6.92 Å². The Balaban J connectivity index is 1.48. The third-order valence-electron chi connectivity index (χ3n) is 4.59. The molecule has 0 bridgehead atoms. The van der Waals surface area contributed by atoms with Gasteiger partial charge in [0.2, 0.25) is 0 Å². The van der Waals surface area contributed by atoms with E-state index in [9.17, 15) is 4.79 Å². The van der Waals surface area contributed by atoms with Gasteiger partial charge in [0.05, 0.1) is 0 Å². The molecule has 24 heavy (non-hydrogen) atoms. The van der Waals surface area contributed by atoms with Gasteiger partial charge in [-0.3, -0.25) is 4.79 Å². The van der Waals surface area contributed by atoms with Crippen LogP contribution in [0.4, 0.5) is 5.69 Å². The summed E-state index contributed by atoms with van der Waals surface area (Å²) in [6.07, 6.45) is 3.76. The molecule has 4 rings (SSSR count). The quantitative estimate of drug-likeness (QED) is 0.729. The monoisotopic (exact) mass is 320 g/mol. The third kappa shape index (κ3) is 2.62. The number of imidazole rings is 1.